The van der Waals surface area contributed by atoms with Gasteiger partial charge in [-0.05, 0) is 5.92 Å². The van der Waals surface area contributed by atoms with E-state index in [2.05, 4.69) is 24.3 Å². The van der Waals surface area contributed by atoms with Crippen molar-refractivity contribution in [3.8, 4) is 11.4 Å². The highest BCUT2D eigenvalue weighted by atomic mass is 15.2. The zero-order chi connectivity index (χ0) is 13.4. The SMILES string of the molecule is CC(C)c1nc(-c2cnn(C)c2)nc2c1CNCC2. The lowest BCUT2D eigenvalue weighted by atomic mass is 9.98. The molecule has 1 aliphatic rings. The van der Waals surface area contributed by atoms with Gasteiger partial charge in [0.1, 0.15) is 0 Å². The van der Waals surface area contributed by atoms with E-state index in [1.807, 2.05) is 19.4 Å². The Labute approximate surface area is 113 Å². The Balaban J connectivity index is 2.14. The number of hydrogen-bond donors (Lipinski definition) is 1. The molecule has 0 atom stereocenters. The number of nitrogens with one attached hydrogen (secondary N) is 1. The van der Waals surface area contributed by atoms with Crippen LogP contribution >= 0.6 is 0 Å². The van der Waals surface area contributed by atoms with Crippen molar-refractivity contribution in [1.29, 1.82) is 0 Å². The predicted octanol–water partition coefficient (Wildman–Crippen LogP) is 1.65. The van der Waals surface area contributed by atoms with Gasteiger partial charge in [0.2, 0.25) is 0 Å². The highest BCUT2D eigenvalue weighted by molar-refractivity contribution is 5.54. The van der Waals surface area contributed by atoms with Crippen LogP contribution in [0.1, 0.15) is 36.7 Å². The molecule has 0 aromatic carbocycles. The Morgan fingerprint density at radius 3 is 2.84 bits per heavy atom. The molecule has 0 fully saturated rings. The quantitative estimate of drug-likeness (QED) is 0.888. The van der Waals surface area contributed by atoms with Crippen molar-refractivity contribution in [3.05, 3.63) is 29.3 Å². The summed E-state index contributed by atoms with van der Waals surface area (Å²) in [6.07, 6.45) is 4.77. The van der Waals surface area contributed by atoms with Crippen molar-refractivity contribution in [2.24, 2.45) is 7.05 Å². The lowest BCUT2D eigenvalue weighted by molar-refractivity contribution is 0.609. The minimum Gasteiger partial charge on any atom is -0.312 e. The second-order valence-electron chi connectivity index (χ2n) is 5.34. The van der Waals surface area contributed by atoms with Gasteiger partial charge in [0, 0.05) is 38.3 Å². The highest BCUT2D eigenvalue weighted by Crippen LogP contribution is 2.25. The summed E-state index contributed by atoms with van der Waals surface area (Å²) in [5.41, 5.74) is 4.63. The topological polar surface area (TPSA) is 55.6 Å². The van der Waals surface area contributed by atoms with Crippen LogP contribution in [0.15, 0.2) is 12.4 Å². The van der Waals surface area contributed by atoms with Gasteiger partial charge in [-0.2, -0.15) is 5.10 Å². The van der Waals surface area contributed by atoms with Crippen LogP contribution in [0, 0.1) is 0 Å². The Kier molecular flexibility index (Phi) is 3.06. The van der Waals surface area contributed by atoms with E-state index in [-0.39, 0.29) is 0 Å². The average Bonchev–Trinajstić information content (AvgIpc) is 2.84. The van der Waals surface area contributed by atoms with E-state index < -0.39 is 0 Å². The molecule has 1 aliphatic heterocycles. The van der Waals surface area contributed by atoms with Gasteiger partial charge in [-0.25, -0.2) is 9.97 Å². The van der Waals surface area contributed by atoms with Crippen molar-refractivity contribution >= 4 is 0 Å². The zero-order valence-corrected chi connectivity index (χ0v) is 11.6. The fraction of sp³-hybridized carbons (Fsp3) is 0.500. The van der Waals surface area contributed by atoms with E-state index in [4.69, 9.17) is 9.97 Å². The van der Waals surface area contributed by atoms with Crippen molar-refractivity contribution < 1.29 is 0 Å². The third-order valence-corrected chi connectivity index (χ3v) is 3.48. The first-order valence-corrected chi connectivity index (χ1v) is 6.74. The van der Waals surface area contributed by atoms with Gasteiger partial charge in [0.15, 0.2) is 5.82 Å². The molecule has 0 radical (unpaired) electrons. The number of fused-ring (bicyclic) bond motifs is 1. The Morgan fingerprint density at radius 2 is 2.16 bits per heavy atom. The maximum Gasteiger partial charge on any atom is 0.162 e. The molecule has 1 N–H and O–H groups in total. The smallest absolute Gasteiger partial charge is 0.162 e. The molecule has 0 unspecified atom stereocenters. The molecule has 2 aromatic rings. The third kappa shape index (κ3) is 2.26. The van der Waals surface area contributed by atoms with E-state index in [1.54, 1.807) is 4.68 Å². The van der Waals surface area contributed by atoms with Crippen molar-refractivity contribution in [2.45, 2.75) is 32.7 Å². The summed E-state index contributed by atoms with van der Waals surface area (Å²) in [7, 11) is 1.91. The minimum absolute atomic E-state index is 0.409. The molecule has 0 spiro atoms. The first kappa shape index (κ1) is 12.3. The van der Waals surface area contributed by atoms with Crippen LogP contribution in [0.2, 0.25) is 0 Å². The van der Waals surface area contributed by atoms with Crippen molar-refractivity contribution in [3.63, 3.8) is 0 Å². The number of aryl methyl sites for hydroxylation is 1. The van der Waals surface area contributed by atoms with Crippen LogP contribution in [0.4, 0.5) is 0 Å². The second kappa shape index (κ2) is 4.74. The normalized spacial score (nSPS) is 14.7. The summed E-state index contributed by atoms with van der Waals surface area (Å²) in [5, 5.41) is 7.61. The molecule has 100 valence electrons. The number of hydrogen-bond acceptors (Lipinski definition) is 4. The molecule has 3 heterocycles. The monoisotopic (exact) mass is 257 g/mol. The minimum atomic E-state index is 0.409. The van der Waals surface area contributed by atoms with E-state index in [0.29, 0.717) is 5.92 Å². The van der Waals surface area contributed by atoms with Gasteiger partial charge in [-0.3, -0.25) is 4.68 Å². The first-order valence-electron chi connectivity index (χ1n) is 6.74. The fourth-order valence-corrected chi connectivity index (χ4v) is 2.51. The first-order chi connectivity index (χ1) is 9.15. The molecule has 0 amide bonds. The molecule has 2 aromatic heterocycles. The fourth-order valence-electron chi connectivity index (χ4n) is 2.51. The average molecular weight is 257 g/mol. The maximum atomic E-state index is 4.76. The Bertz CT molecular complexity index is 600. The van der Waals surface area contributed by atoms with Crippen molar-refractivity contribution in [2.75, 3.05) is 6.54 Å². The summed E-state index contributed by atoms with van der Waals surface area (Å²) >= 11 is 0. The van der Waals surface area contributed by atoms with Gasteiger partial charge < -0.3 is 5.32 Å². The van der Waals surface area contributed by atoms with E-state index in [0.717, 1.165) is 36.6 Å². The van der Waals surface area contributed by atoms with E-state index >= 15 is 0 Å². The highest BCUT2D eigenvalue weighted by Gasteiger charge is 2.20. The Morgan fingerprint density at radius 1 is 1.32 bits per heavy atom. The summed E-state index contributed by atoms with van der Waals surface area (Å²) in [5.74, 6) is 1.21. The molecule has 5 heteroatoms. The third-order valence-electron chi connectivity index (χ3n) is 3.48. The molecular weight excluding hydrogens is 238 g/mol. The van der Waals surface area contributed by atoms with E-state index in [1.165, 1.54) is 11.3 Å². The van der Waals surface area contributed by atoms with Crippen LogP contribution in [-0.2, 0) is 20.0 Å². The second-order valence-corrected chi connectivity index (χ2v) is 5.34. The van der Waals surface area contributed by atoms with Gasteiger partial charge in [-0.1, -0.05) is 13.8 Å². The lowest BCUT2D eigenvalue weighted by Gasteiger charge is -2.21. The van der Waals surface area contributed by atoms with E-state index in [9.17, 15) is 0 Å². The van der Waals surface area contributed by atoms with Gasteiger partial charge in [0.05, 0.1) is 23.1 Å². The number of nitrogens with zero attached hydrogens (tertiary/aromatic N) is 4. The standard InChI is InChI=1S/C14H19N5/c1-9(2)13-11-7-15-5-4-12(11)17-14(18-13)10-6-16-19(3)8-10/h6,8-9,15H,4-5,7H2,1-3H3. The molecule has 0 aliphatic carbocycles. The molecule has 19 heavy (non-hydrogen) atoms. The molecule has 0 saturated heterocycles. The van der Waals surface area contributed by atoms with Gasteiger partial charge >= 0.3 is 0 Å². The van der Waals surface area contributed by atoms with Crippen LogP contribution in [0.5, 0.6) is 0 Å². The maximum absolute atomic E-state index is 4.76. The summed E-state index contributed by atoms with van der Waals surface area (Å²) in [6, 6.07) is 0. The summed E-state index contributed by atoms with van der Waals surface area (Å²) < 4.78 is 1.79. The largest absolute Gasteiger partial charge is 0.312 e. The molecule has 3 rings (SSSR count). The molecular formula is C14H19N5. The summed E-state index contributed by atoms with van der Waals surface area (Å²) in [6.45, 7) is 6.25. The van der Waals surface area contributed by atoms with Crippen LogP contribution in [0.3, 0.4) is 0 Å². The lowest BCUT2D eigenvalue weighted by Crippen LogP contribution is -2.27. The van der Waals surface area contributed by atoms with Crippen LogP contribution in [-0.4, -0.2) is 26.3 Å². The van der Waals surface area contributed by atoms with Crippen LogP contribution < -0.4 is 5.32 Å². The van der Waals surface area contributed by atoms with Gasteiger partial charge in [0.25, 0.3) is 0 Å². The predicted molar refractivity (Wildman–Crippen MR) is 73.7 cm³/mol. The Hall–Kier alpha value is -1.75. The molecule has 5 nitrogen and oxygen atoms in total. The summed E-state index contributed by atoms with van der Waals surface area (Å²) in [4.78, 5) is 9.50. The van der Waals surface area contributed by atoms with Gasteiger partial charge in [-0.15, -0.1) is 0 Å². The number of aromatic nitrogens is 4. The van der Waals surface area contributed by atoms with Crippen LogP contribution in [0.25, 0.3) is 11.4 Å². The zero-order valence-electron chi connectivity index (χ0n) is 11.6. The molecule has 0 bridgehead atoms. The number of rotatable bonds is 2. The van der Waals surface area contributed by atoms with Crippen molar-refractivity contribution in [1.82, 2.24) is 25.1 Å². The molecule has 0 saturated carbocycles.